The third kappa shape index (κ3) is 3.05. The Morgan fingerprint density at radius 1 is 1.12 bits per heavy atom. The monoisotopic (exact) mass is 382 g/mol. The van der Waals surface area contributed by atoms with Gasteiger partial charge in [0, 0.05) is 36.8 Å². The van der Waals surface area contributed by atoms with Crippen LogP contribution in [-0.2, 0) is 19.1 Å². The first kappa shape index (κ1) is 17.0. The largest absolute Gasteiger partial charge is 0.417 e. The van der Waals surface area contributed by atoms with Gasteiger partial charge in [-0.1, -0.05) is 0 Å². The molecule has 0 bridgehead atoms. The molecule has 0 unspecified atom stereocenters. The van der Waals surface area contributed by atoms with Crippen LogP contribution in [0, 0.1) is 5.82 Å². The minimum absolute atomic E-state index is 0.00734. The third-order valence-corrected chi connectivity index (χ3v) is 4.45. The maximum atomic E-state index is 13.7. The molecule has 134 valence electrons. The Morgan fingerprint density at radius 2 is 1.92 bits per heavy atom. The van der Waals surface area contributed by atoms with Gasteiger partial charge in [0.05, 0.1) is 11.1 Å². The van der Waals surface area contributed by atoms with E-state index < -0.39 is 17.6 Å². The number of anilines is 1. The zero-order valence-electron chi connectivity index (χ0n) is 13.2. The number of alkyl halides is 3. The molecule has 0 radical (unpaired) electrons. The van der Waals surface area contributed by atoms with E-state index in [4.69, 9.17) is 11.6 Å². The van der Waals surface area contributed by atoms with Gasteiger partial charge in [0.25, 0.3) is 0 Å². The highest BCUT2D eigenvalue weighted by Gasteiger charge is 2.32. The molecule has 0 fully saturated rings. The van der Waals surface area contributed by atoms with E-state index in [9.17, 15) is 17.6 Å². The lowest BCUT2D eigenvalue weighted by molar-refractivity contribution is -0.137. The molecule has 1 aromatic carbocycles. The molecule has 0 spiro atoms. The number of rotatable bonds is 1. The normalized spacial score (nSPS) is 14.6. The summed E-state index contributed by atoms with van der Waals surface area (Å²) in [6, 6.07) is 5.14. The van der Waals surface area contributed by atoms with Crippen molar-refractivity contribution in [2.45, 2.75) is 19.1 Å². The summed E-state index contributed by atoms with van der Waals surface area (Å²) in [5.41, 5.74) is 0.749. The van der Waals surface area contributed by atoms with Crippen LogP contribution in [0.15, 0.2) is 30.5 Å². The quantitative estimate of drug-likeness (QED) is 0.462. The summed E-state index contributed by atoms with van der Waals surface area (Å²) in [6.07, 6.45) is -3.16. The zero-order chi connectivity index (χ0) is 18.5. The van der Waals surface area contributed by atoms with Gasteiger partial charge in [0.15, 0.2) is 0 Å². The van der Waals surface area contributed by atoms with Gasteiger partial charge in [0.1, 0.15) is 11.6 Å². The lowest BCUT2D eigenvalue weighted by atomic mass is 10.0. The molecular formula is C17H11ClF4N4. The zero-order valence-corrected chi connectivity index (χ0v) is 13.9. The second kappa shape index (κ2) is 6.05. The van der Waals surface area contributed by atoms with Crippen LogP contribution in [0.25, 0.3) is 10.9 Å². The Bertz CT molecular complexity index is 1010. The number of halogens is 5. The first-order valence-corrected chi connectivity index (χ1v) is 8.12. The Balaban J connectivity index is 1.77. The van der Waals surface area contributed by atoms with Crippen LogP contribution in [0.5, 0.6) is 0 Å². The molecule has 4 rings (SSSR count). The van der Waals surface area contributed by atoms with E-state index in [2.05, 4.69) is 15.0 Å². The fraction of sp³-hybridized carbons (Fsp3) is 0.235. The average molecular weight is 383 g/mol. The van der Waals surface area contributed by atoms with Gasteiger partial charge in [0.2, 0.25) is 5.28 Å². The lowest BCUT2D eigenvalue weighted by Crippen LogP contribution is -2.32. The van der Waals surface area contributed by atoms with Crippen LogP contribution in [0.3, 0.4) is 0 Å². The lowest BCUT2D eigenvalue weighted by Gasteiger charge is -2.30. The van der Waals surface area contributed by atoms with Crippen LogP contribution in [0.1, 0.15) is 16.8 Å². The van der Waals surface area contributed by atoms with Gasteiger partial charge < -0.3 is 4.90 Å². The van der Waals surface area contributed by atoms with Gasteiger partial charge in [-0.3, -0.25) is 4.98 Å². The van der Waals surface area contributed by atoms with E-state index in [1.165, 1.54) is 18.2 Å². The van der Waals surface area contributed by atoms with E-state index in [0.717, 1.165) is 12.3 Å². The minimum Gasteiger partial charge on any atom is -0.351 e. The van der Waals surface area contributed by atoms with E-state index in [1.807, 2.05) is 0 Å². The fourth-order valence-electron chi connectivity index (χ4n) is 3.06. The Morgan fingerprint density at radius 3 is 2.69 bits per heavy atom. The van der Waals surface area contributed by atoms with Gasteiger partial charge in [-0.15, -0.1) is 0 Å². The molecule has 26 heavy (non-hydrogen) atoms. The van der Waals surface area contributed by atoms with Crippen LogP contribution in [0.4, 0.5) is 23.4 Å². The van der Waals surface area contributed by atoms with Crippen molar-refractivity contribution in [2.24, 2.45) is 0 Å². The Labute approximate surface area is 150 Å². The fourth-order valence-corrected chi connectivity index (χ4v) is 3.23. The standard InChI is InChI=1S/C17H11ClF4N4/c18-16-24-14-2-1-11(19)6-12(14)15(25-16)26-4-3-13-9(8-26)5-10(7-23-13)17(20,21)22/h1-2,5-7H,3-4,8H2. The molecule has 3 heterocycles. The molecule has 4 nitrogen and oxygen atoms in total. The number of hydrogen-bond acceptors (Lipinski definition) is 4. The smallest absolute Gasteiger partial charge is 0.351 e. The van der Waals surface area contributed by atoms with Crippen molar-refractivity contribution in [3.05, 3.63) is 58.4 Å². The summed E-state index contributed by atoms with van der Waals surface area (Å²) in [7, 11) is 0. The van der Waals surface area contributed by atoms with Crippen LogP contribution in [0.2, 0.25) is 5.28 Å². The van der Waals surface area contributed by atoms with Crippen LogP contribution >= 0.6 is 11.6 Å². The second-order valence-corrected chi connectivity index (χ2v) is 6.31. The summed E-state index contributed by atoms with van der Waals surface area (Å²) in [5.74, 6) is -0.0642. The second-order valence-electron chi connectivity index (χ2n) is 5.98. The van der Waals surface area contributed by atoms with E-state index in [0.29, 0.717) is 40.9 Å². The van der Waals surface area contributed by atoms with Gasteiger partial charge in [-0.25, -0.2) is 9.37 Å². The average Bonchev–Trinajstić information content (AvgIpc) is 2.59. The van der Waals surface area contributed by atoms with Gasteiger partial charge >= 0.3 is 6.18 Å². The number of hydrogen-bond donors (Lipinski definition) is 0. The number of fused-ring (bicyclic) bond motifs is 2. The SMILES string of the molecule is Fc1ccc2nc(Cl)nc(N3CCc4ncc(C(F)(F)F)cc4C3)c2c1. The molecule has 0 atom stereocenters. The molecule has 0 saturated heterocycles. The van der Waals surface area contributed by atoms with E-state index in [1.54, 1.807) is 4.90 Å². The Kier molecular flexibility index (Phi) is 3.95. The highest BCUT2D eigenvalue weighted by molar-refractivity contribution is 6.28. The number of nitrogens with zero attached hydrogens (tertiary/aromatic N) is 4. The number of aromatic nitrogens is 3. The molecule has 0 aliphatic carbocycles. The molecule has 9 heteroatoms. The van der Waals surface area contributed by atoms with Gasteiger partial charge in [-0.2, -0.15) is 18.2 Å². The molecule has 1 aliphatic rings. The predicted molar refractivity (Wildman–Crippen MR) is 88.5 cm³/mol. The summed E-state index contributed by atoms with van der Waals surface area (Å²) < 4.78 is 52.5. The van der Waals surface area contributed by atoms with Crippen molar-refractivity contribution in [3.8, 4) is 0 Å². The highest BCUT2D eigenvalue weighted by atomic mass is 35.5. The molecule has 0 N–H and O–H groups in total. The molecule has 2 aromatic heterocycles. The molecule has 3 aromatic rings. The third-order valence-electron chi connectivity index (χ3n) is 4.28. The molecule has 0 amide bonds. The van der Waals surface area contributed by atoms with E-state index >= 15 is 0 Å². The molecule has 1 aliphatic heterocycles. The summed E-state index contributed by atoms with van der Waals surface area (Å²) >= 11 is 5.96. The topological polar surface area (TPSA) is 41.9 Å². The number of pyridine rings is 1. The highest BCUT2D eigenvalue weighted by Crippen LogP contribution is 2.33. The van der Waals surface area contributed by atoms with Crippen molar-refractivity contribution in [3.63, 3.8) is 0 Å². The summed E-state index contributed by atoms with van der Waals surface area (Å²) in [5, 5.41) is 0.449. The van der Waals surface area contributed by atoms with Gasteiger partial charge in [-0.05, 0) is 41.4 Å². The number of benzene rings is 1. The predicted octanol–water partition coefficient (Wildman–Crippen LogP) is 4.40. The first-order chi connectivity index (χ1) is 12.3. The van der Waals surface area contributed by atoms with Crippen LogP contribution < -0.4 is 4.90 Å². The van der Waals surface area contributed by atoms with Crippen molar-refractivity contribution in [2.75, 3.05) is 11.4 Å². The first-order valence-electron chi connectivity index (χ1n) is 7.74. The van der Waals surface area contributed by atoms with Crippen LogP contribution in [-0.4, -0.2) is 21.5 Å². The maximum Gasteiger partial charge on any atom is 0.417 e. The maximum absolute atomic E-state index is 13.7. The summed E-state index contributed by atoms with van der Waals surface area (Å²) in [6.45, 7) is 0.648. The molecule has 0 saturated carbocycles. The molecular weight excluding hydrogens is 372 g/mol. The Hall–Kier alpha value is -2.48. The summed E-state index contributed by atoms with van der Waals surface area (Å²) in [4.78, 5) is 13.9. The van der Waals surface area contributed by atoms with Crippen molar-refractivity contribution in [1.29, 1.82) is 0 Å². The van der Waals surface area contributed by atoms with E-state index in [-0.39, 0.29) is 11.8 Å². The van der Waals surface area contributed by atoms with Crippen molar-refractivity contribution in [1.82, 2.24) is 15.0 Å². The van der Waals surface area contributed by atoms with Crippen molar-refractivity contribution >= 4 is 28.3 Å². The van der Waals surface area contributed by atoms with Crippen molar-refractivity contribution < 1.29 is 17.6 Å². The minimum atomic E-state index is -4.46.